The van der Waals surface area contributed by atoms with E-state index in [9.17, 15) is 14.7 Å². The van der Waals surface area contributed by atoms with Gasteiger partial charge in [-0.1, -0.05) is 219 Å². The fourth-order valence-electron chi connectivity index (χ4n) is 6.50. The molecule has 0 heterocycles. The predicted octanol–water partition coefficient (Wildman–Crippen LogP) is 14.1. The van der Waals surface area contributed by atoms with Crippen LogP contribution in [-0.4, -0.2) is 23.1 Å². The Morgan fingerprint density at radius 3 is 0.911 bits per heavy atom. The lowest BCUT2D eigenvalue weighted by molar-refractivity contribution is -0.164. The first-order valence-corrected chi connectivity index (χ1v) is 20.5. The highest BCUT2D eigenvalue weighted by Gasteiger charge is 2.21. The van der Waals surface area contributed by atoms with Crippen LogP contribution in [0, 0.1) is 0 Å². The van der Waals surface area contributed by atoms with Gasteiger partial charge >= 0.3 is 11.9 Å². The van der Waals surface area contributed by atoms with Crippen LogP contribution in [0.5, 0.6) is 0 Å². The molecule has 0 bridgehead atoms. The van der Waals surface area contributed by atoms with Crippen molar-refractivity contribution in [1.82, 2.24) is 0 Å². The van der Waals surface area contributed by atoms with E-state index in [-0.39, 0.29) is 5.97 Å². The molecule has 0 saturated carbocycles. The molecule has 4 nitrogen and oxygen atoms in total. The average molecular weight is 637 g/mol. The van der Waals surface area contributed by atoms with E-state index in [4.69, 9.17) is 4.74 Å². The van der Waals surface area contributed by atoms with Gasteiger partial charge in [-0.15, -0.1) is 0 Å². The van der Waals surface area contributed by atoms with Crippen LogP contribution in [0.15, 0.2) is 0 Å². The summed E-state index contributed by atoms with van der Waals surface area (Å²) in [6.07, 6.45) is 44.3. The van der Waals surface area contributed by atoms with Gasteiger partial charge in [0.2, 0.25) is 0 Å². The Morgan fingerprint density at radius 2 is 0.644 bits per heavy atom. The van der Waals surface area contributed by atoms with Crippen LogP contribution >= 0.6 is 0 Å². The summed E-state index contributed by atoms with van der Waals surface area (Å²) in [5.41, 5.74) is 0. The first-order valence-electron chi connectivity index (χ1n) is 20.5. The highest BCUT2D eigenvalue weighted by Crippen LogP contribution is 2.17. The van der Waals surface area contributed by atoms with Crippen molar-refractivity contribution in [2.75, 3.05) is 0 Å². The second-order valence-corrected chi connectivity index (χ2v) is 14.2. The molecule has 1 unspecified atom stereocenters. The van der Waals surface area contributed by atoms with Gasteiger partial charge in [0.1, 0.15) is 0 Å². The topological polar surface area (TPSA) is 63.6 Å². The maximum atomic E-state index is 12.2. The van der Waals surface area contributed by atoms with E-state index in [2.05, 4.69) is 13.8 Å². The number of aliphatic carboxylic acids is 1. The summed E-state index contributed by atoms with van der Waals surface area (Å²) in [5.74, 6) is -1.34. The van der Waals surface area contributed by atoms with E-state index in [0.29, 0.717) is 12.8 Å². The Kier molecular flexibility index (Phi) is 36.5. The van der Waals surface area contributed by atoms with E-state index < -0.39 is 12.1 Å². The summed E-state index contributed by atoms with van der Waals surface area (Å²) in [4.78, 5) is 23.8. The Bertz CT molecular complexity index is 604. The SMILES string of the molecule is CCCCCCCCCCCCCCCCCCCCCCC(OC(=O)CCCCCCCCCCCCCCCC)C(=O)O. The summed E-state index contributed by atoms with van der Waals surface area (Å²) in [6.45, 7) is 4.55. The van der Waals surface area contributed by atoms with Crippen molar-refractivity contribution < 1.29 is 19.4 Å². The molecule has 0 aliphatic rings. The van der Waals surface area contributed by atoms with Gasteiger partial charge in [0.15, 0.2) is 6.10 Å². The lowest BCUT2D eigenvalue weighted by Gasteiger charge is -2.13. The van der Waals surface area contributed by atoms with Crippen molar-refractivity contribution in [3.8, 4) is 0 Å². The number of carbonyl (C=O) groups excluding carboxylic acids is 1. The summed E-state index contributed by atoms with van der Waals surface area (Å²) < 4.78 is 5.33. The minimum atomic E-state index is -0.998. The van der Waals surface area contributed by atoms with Gasteiger partial charge in [-0.05, 0) is 19.3 Å². The van der Waals surface area contributed by atoms with Crippen LogP contribution in [0.25, 0.3) is 0 Å². The molecular weight excluding hydrogens is 556 g/mol. The van der Waals surface area contributed by atoms with Crippen molar-refractivity contribution in [2.24, 2.45) is 0 Å². The van der Waals surface area contributed by atoms with Crippen molar-refractivity contribution in [3.05, 3.63) is 0 Å². The molecule has 0 aromatic heterocycles. The van der Waals surface area contributed by atoms with Crippen LogP contribution < -0.4 is 0 Å². The van der Waals surface area contributed by atoms with E-state index in [1.807, 2.05) is 0 Å². The molecule has 45 heavy (non-hydrogen) atoms. The predicted molar refractivity (Wildman–Crippen MR) is 195 cm³/mol. The van der Waals surface area contributed by atoms with Gasteiger partial charge in [-0.25, -0.2) is 4.79 Å². The number of carboxylic acid groups (broad SMARTS) is 1. The number of unbranched alkanes of at least 4 members (excludes halogenated alkanes) is 32. The molecule has 0 aromatic rings. The standard InChI is InChI=1S/C41H80O4/c1-3-5-7-9-11-13-15-17-19-20-21-22-23-24-25-27-29-31-33-35-37-39(41(43)44)45-40(42)38-36-34-32-30-28-26-18-16-14-12-10-8-6-4-2/h39H,3-38H2,1-2H3,(H,43,44). The van der Waals surface area contributed by atoms with E-state index in [0.717, 1.165) is 38.5 Å². The first-order chi connectivity index (χ1) is 22.1. The van der Waals surface area contributed by atoms with Crippen molar-refractivity contribution in [2.45, 2.75) is 251 Å². The second-order valence-electron chi connectivity index (χ2n) is 14.2. The summed E-state index contributed by atoms with van der Waals surface area (Å²) in [6, 6.07) is 0. The van der Waals surface area contributed by atoms with Gasteiger partial charge in [-0.2, -0.15) is 0 Å². The fourth-order valence-corrected chi connectivity index (χ4v) is 6.50. The van der Waals surface area contributed by atoms with Gasteiger partial charge in [0.25, 0.3) is 0 Å². The van der Waals surface area contributed by atoms with Crippen LogP contribution in [0.3, 0.4) is 0 Å². The molecule has 268 valence electrons. The zero-order valence-corrected chi connectivity index (χ0v) is 30.7. The maximum absolute atomic E-state index is 12.2. The number of carbonyl (C=O) groups is 2. The molecule has 0 saturated heterocycles. The van der Waals surface area contributed by atoms with E-state index >= 15 is 0 Å². The molecule has 1 N–H and O–H groups in total. The minimum Gasteiger partial charge on any atom is -0.479 e. The van der Waals surface area contributed by atoms with Crippen LogP contribution in [0.4, 0.5) is 0 Å². The normalized spacial score (nSPS) is 12.0. The molecule has 0 rings (SSSR count). The Labute approximate surface area is 282 Å². The third kappa shape index (κ3) is 35.6. The molecule has 1 atom stereocenters. The zero-order chi connectivity index (χ0) is 32.9. The van der Waals surface area contributed by atoms with Gasteiger partial charge in [0, 0.05) is 6.42 Å². The summed E-state index contributed by atoms with van der Waals surface area (Å²) >= 11 is 0. The van der Waals surface area contributed by atoms with Gasteiger partial charge in [-0.3, -0.25) is 4.79 Å². The number of ether oxygens (including phenoxy) is 1. The van der Waals surface area contributed by atoms with Crippen LogP contribution in [0.2, 0.25) is 0 Å². The van der Waals surface area contributed by atoms with Crippen LogP contribution in [0.1, 0.15) is 245 Å². The summed E-state index contributed by atoms with van der Waals surface area (Å²) in [7, 11) is 0. The first kappa shape index (κ1) is 43.9. The molecule has 0 fully saturated rings. The molecule has 0 radical (unpaired) electrons. The van der Waals surface area contributed by atoms with Gasteiger partial charge < -0.3 is 9.84 Å². The van der Waals surface area contributed by atoms with E-state index in [1.165, 1.54) is 180 Å². The molecule has 0 aliphatic carbocycles. The lowest BCUT2D eigenvalue weighted by atomic mass is 10.0. The largest absolute Gasteiger partial charge is 0.479 e. The minimum absolute atomic E-state index is 0.338. The molecular formula is C41H80O4. The molecule has 0 spiro atoms. The number of carboxylic acids is 1. The third-order valence-electron chi connectivity index (χ3n) is 9.60. The quantitative estimate of drug-likeness (QED) is 0.0541. The summed E-state index contributed by atoms with van der Waals surface area (Å²) in [5, 5.41) is 9.50. The Morgan fingerprint density at radius 1 is 0.400 bits per heavy atom. The molecule has 0 aromatic carbocycles. The number of esters is 1. The smallest absolute Gasteiger partial charge is 0.345 e. The van der Waals surface area contributed by atoms with Crippen LogP contribution in [-0.2, 0) is 14.3 Å². The monoisotopic (exact) mass is 637 g/mol. The molecule has 4 heteroatoms. The average Bonchev–Trinajstić information content (AvgIpc) is 3.03. The Balaban J connectivity index is 3.47. The highest BCUT2D eigenvalue weighted by atomic mass is 16.6. The fraction of sp³-hybridized carbons (Fsp3) is 0.951. The van der Waals surface area contributed by atoms with Crippen molar-refractivity contribution >= 4 is 11.9 Å². The second kappa shape index (κ2) is 37.4. The van der Waals surface area contributed by atoms with Crippen molar-refractivity contribution in [3.63, 3.8) is 0 Å². The number of rotatable bonds is 38. The van der Waals surface area contributed by atoms with Gasteiger partial charge in [0.05, 0.1) is 0 Å². The highest BCUT2D eigenvalue weighted by molar-refractivity contribution is 5.77. The third-order valence-corrected chi connectivity index (χ3v) is 9.60. The maximum Gasteiger partial charge on any atom is 0.345 e. The lowest BCUT2D eigenvalue weighted by Crippen LogP contribution is -2.27. The van der Waals surface area contributed by atoms with Crippen molar-refractivity contribution in [1.29, 1.82) is 0 Å². The molecule has 0 amide bonds. The zero-order valence-electron chi connectivity index (χ0n) is 30.7. The number of hydrogen-bond acceptors (Lipinski definition) is 3. The number of hydrogen-bond donors (Lipinski definition) is 1. The Hall–Kier alpha value is -1.06. The molecule has 0 aliphatic heterocycles. The van der Waals surface area contributed by atoms with E-state index in [1.54, 1.807) is 0 Å².